The lowest BCUT2D eigenvalue weighted by atomic mass is 10.1. The number of amides is 2. The number of nitrogens with zero attached hydrogens (tertiary/aromatic N) is 3. The highest BCUT2D eigenvalue weighted by molar-refractivity contribution is 7.98. The highest BCUT2D eigenvalue weighted by atomic mass is 35.5. The number of anilines is 2. The molecule has 2 aromatic carbocycles. The third-order valence-electron chi connectivity index (χ3n) is 6.52. The number of rotatable bonds is 14. The molecule has 0 saturated heterocycles. The number of imidazole rings is 1. The molecular formula is C29H34Cl2N6O2S. The molecule has 8 nitrogen and oxygen atoms in total. The summed E-state index contributed by atoms with van der Waals surface area (Å²) in [4.78, 5) is 35.1. The number of hydrogen-bond acceptors (Lipinski definition) is 5. The van der Waals surface area contributed by atoms with Gasteiger partial charge in [-0.1, -0.05) is 12.1 Å². The van der Waals surface area contributed by atoms with Crippen molar-refractivity contribution in [3.8, 4) is 11.5 Å². The third-order valence-corrected chi connectivity index (χ3v) is 7.47. The van der Waals surface area contributed by atoms with E-state index in [-0.39, 0.29) is 11.8 Å². The molecule has 0 bridgehead atoms. The lowest BCUT2D eigenvalue weighted by Gasteiger charge is -2.23. The standard InChI is InChI=1S/C29H34Cl2N6O2S/c1-36-19-22(33-27(38)10-16-40-2)18-26(36)28-34-24-8-5-21(17-25(24)35-28)29(39)32-13-9-20-3-6-23(7-4-20)37(14-11-30)15-12-31/h3-8,17-19H,9-16H2,1-2H3,(H,32,39)(H,33,38)(H,34,35). The summed E-state index contributed by atoms with van der Waals surface area (Å²) < 4.78 is 1.91. The molecule has 3 N–H and O–H groups in total. The lowest BCUT2D eigenvalue weighted by Crippen LogP contribution is -2.27. The molecule has 0 spiro atoms. The number of aryl methyl sites for hydroxylation is 1. The van der Waals surface area contributed by atoms with Gasteiger partial charge in [-0.15, -0.1) is 23.2 Å². The van der Waals surface area contributed by atoms with Crippen LogP contribution < -0.4 is 15.5 Å². The Morgan fingerprint density at radius 1 is 1.07 bits per heavy atom. The molecule has 212 valence electrons. The molecule has 0 aliphatic carbocycles. The van der Waals surface area contributed by atoms with Gasteiger partial charge in [0.15, 0.2) is 5.82 Å². The van der Waals surface area contributed by atoms with Crippen molar-refractivity contribution in [2.24, 2.45) is 7.05 Å². The molecular weight excluding hydrogens is 567 g/mol. The van der Waals surface area contributed by atoms with E-state index < -0.39 is 0 Å². The van der Waals surface area contributed by atoms with Crippen molar-refractivity contribution in [2.75, 3.05) is 53.6 Å². The number of halogens is 2. The van der Waals surface area contributed by atoms with Gasteiger partial charge in [0, 0.05) is 68.1 Å². The van der Waals surface area contributed by atoms with Gasteiger partial charge >= 0.3 is 0 Å². The van der Waals surface area contributed by atoms with Gasteiger partial charge in [-0.2, -0.15) is 11.8 Å². The number of nitrogens with one attached hydrogen (secondary N) is 3. The Morgan fingerprint density at radius 3 is 2.52 bits per heavy atom. The van der Waals surface area contributed by atoms with E-state index in [1.807, 2.05) is 42.3 Å². The summed E-state index contributed by atoms with van der Waals surface area (Å²) in [5, 5.41) is 5.94. The van der Waals surface area contributed by atoms with Crippen LogP contribution in [0.3, 0.4) is 0 Å². The molecule has 0 radical (unpaired) electrons. The van der Waals surface area contributed by atoms with Crippen LogP contribution in [0.1, 0.15) is 22.3 Å². The van der Waals surface area contributed by atoms with Crippen molar-refractivity contribution < 1.29 is 9.59 Å². The molecule has 4 rings (SSSR count). The molecule has 0 aliphatic heterocycles. The monoisotopic (exact) mass is 600 g/mol. The molecule has 4 aromatic rings. The first-order valence-electron chi connectivity index (χ1n) is 13.1. The van der Waals surface area contributed by atoms with E-state index in [9.17, 15) is 9.59 Å². The fourth-order valence-electron chi connectivity index (χ4n) is 4.43. The average Bonchev–Trinajstić information content (AvgIpc) is 3.54. The molecule has 0 unspecified atom stereocenters. The van der Waals surface area contributed by atoms with Gasteiger partial charge in [-0.3, -0.25) is 9.59 Å². The van der Waals surface area contributed by atoms with E-state index in [1.165, 1.54) is 0 Å². The second-order valence-electron chi connectivity index (χ2n) is 9.37. The number of benzene rings is 2. The van der Waals surface area contributed by atoms with Crippen LogP contribution >= 0.6 is 35.0 Å². The van der Waals surface area contributed by atoms with Crippen molar-refractivity contribution in [3.05, 3.63) is 65.9 Å². The minimum atomic E-state index is -0.140. The highest BCUT2D eigenvalue weighted by Gasteiger charge is 2.14. The van der Waals surface area contributed by atoms with E-state index >= 15 is 0 Å². The first kappa shape index (κ1) is 29.8. The molecule has 0 atom stereocenters. The topological polar surface area (TPSA) is 95.1 Å². The maximum absolute atomic E-state index is 12.9. The molecule has 2 aromatic heterocycles. The van der Waals surface area contributed by atoms with Crippen molar-refractivity contribution >= 4 is 69.2 Å². The predicted octanol–water partition coefficient (Wildman–Crippen LogP) is 5.52. The van der Waals surface area contributed by atoms with E-state index in [2.05, 4.69) is 49.8 Å². The smallest absolute Gasteiger partial charge is 0.251 e. The van der Waals surface area contributed by atoms with Crippen LogP contribution in [0, 0.1) is 0 Å². The van der Waals surface area contributed by atoms with Gasteiger partial charge in [0.2, 0.25) is 5.91 Å². The van der Waals surface area contributed by atoms with E-state index in [0.29, 0.717) is 36.1 Å². The van der Waals surface area contributed by atoms with Gasteiger partial charge in [0.25, 0.3) is 5.91 Å². The number of aromatic amines is 1. The molecule has 2 heterocycles. The number of aromatic nitrogens is 3. The summed E-state index contributed by atoms with van der Waals surface area (Å²) in [7, 11) is 1.91. The predicted molar refractivity (Wildman–Crippen MR) is 168 cm³/mol. The summed E-state index contributed by atoms with van der Waals surface area (Å²) >= 11 is 13.5. The first-order chi connectivity index (χ1) is 19.4. The van der Waals surface area contributed by atoms with Crippen LogP contribution in [0.5, 0.6) is 0 Å². The molecule has 0 aliphatic rings. The molecule has 2 amide bonds. The zero-order chi connectivity index (χ0) is 28.5. The SMILES string of the molecule is CSCCC(=O)Nc1cc(-c2nc3ccc(C(=O)NCCc4ccc(N(CCCl)CCCl)cc4)cc3[nH]2)n(C)c1. The second-order valence-corrected chi connectivity index (χ2v) is 11.1. The number of carbonyl (C=O) groups excluding carboxylic acids is 2. The Morgan fingerprint density at radius 2 is 1.82 bits per heavy atom. The summed E-state index contributed by atoms with van der Waals surface area (Å²) in [5.41, 5.74) is 5.87. The van der Waals surface area contributed by atoms with E-state index in [0.717, 1.165) is 58.9 Å². The Bertz CT molecular complexity index is 1430. The van der Waals surface area contributed by atoms with E-state index in [4.69, 9.17) is 23.2 Å². The van der Waals surface area contributed by atoms with Gasteiger partial charge in [-0.25, -0.2) is 4.98 Å². The first-order valence-corrected chi connectivity index (χ1v) is 15.6. The number of fused-ring (bicyclic) bond motifs is 1. The van der Waals surface area contributed by atoms with Gasteiger partial charge in [-0.05, 0) is 54.6 Å². The molecule has 0 saturated carbocycles. The Hall–Kier alpha value is -3.14. The zero-order valence-corrected chi connectivity index (χ0v) is 25.0. The Kier molecular flexibility index (Phi) is 10.8. The summed E-state index contributed by atoms with van der Waals surface area (Å²) in [6.07, 6.45) is 5.03. The second kappa shape index (κ2) is 14.5. The van der Waals surface area contributed by atoms with Crippen molar-refractivity contribution in [1.29, 1.82) is 0 Å². The molecule has 11 heteroatoms. The highest BCUT2D eigenvalue weighted by Crippen LogP contribution is 2.25. The molecule has 0 fully saturated rings. The molecule has 40 heavy (non-hydrogen) atoms. The lowest BCUT2D eigenvalue weighted by molar-refractivity contribution is -0.115. The average molecular weight is 602 g/mol. The van der Waals surface area contributed by atoms with Crippen LogP contribution in [-0.4, -0.2) is 69.8 Å². The zero-order valence-electron chi connectivity index (χ0n) is 22.7. The maximum Gasteiger partial charge on any atom is 0.251 e. The third kappa shape index (κ3) is 7.74. The van der Waals surface area contributed by atoms with Crippen LogP contribution in [0.2, 0.25) is 0 Å². The van der Waals surface area contributed by atoms with Crippen LogP contribution in [-0.2, 0) is 18.3 Å². The fourth-order valence-corrected chi connectivity index (χ4v) is 5.23. The minimum Gasteiger partial charge on any atom is -0.369 e. The largest absolute Gasteiger partial charge is 0.369 e. The number of thioether (sulfide) groups is 1. The van der Waals surface area contributed by atoms with Crippen molar-refractivity contribution in [3.63, 3.8) is 0 Å². The Balaban J connectivity index is 1.36. The van der Waals surface area contributed by atoms with Crippen LogP contribution in [0.4, 0.5) is 11.4 Å². The summed E-state index contributed by atoms with van der Waals surface area (Å²) in [5.74, 6) is 2.38. The van der Waals surface area contributed by atoms with Gasteiger partial charge < -0.3 is 25.1 Å². The van der Waals surface area contributed by atoms with Crippen molar-refractivity contribution in [2.45, 2.75) is 12.8 Å². The van der Waals surface area contributed by atoms with Crippen LogP contribution in [0.15, 0.2) is 54.7 Å². The maximum atomic E-state index is 12.9. The minimum absolute atomic E-state index is 0.0139. The Labute approximate surface area is 248 Å². The normalized spacial score (nSPS) is 11.1. The van der Waals surface area contributed by atoms with E-state index in [1.54, 1.807) is 17.8 Å². The fraction of sp³-hybridized carbons (Fsp3) is 0.345. The van der Waals surface area contributed by atoms with Crippen LogP contribution in [0.25, 0.3) is 22.6 Å². The number of H-pyrrole nitrogens is 1. The number of carbonyl (C=O) groups is 2. The number of alkyl halides is 2. The quantitative estimate of drug-likeness (QED) is 0.166. The number of hydrogen-bond donors (Lipinski definition) is 3. The van der Waals surface area contributed by atoms with Gasteiger partial charge in [0.1, 0.15) is 0 Å². The summed E-state index contributed by atoms with van der Waals surface area (Å²) in [6.45, 7) is 2.01. The van der Waals surface area contributed by atoms with Gasteiger partial charge in [0.05, 0.1) is 22.4 Å². The summed E-state index contributed by atoms with van der Waals surface area (Å²) in [6, 6.07) is 15.6. The van der Waals surface area contributed by atoms with Crippen molar-refractivity contribution in [1.82, 2.24) is 19.9 Å².